The maximum atomic E-state index is 12.4. The number of anilines is 2. The predicted molar refractivity (Wildman–Crippen MR) is 97.1 cm³/mol. The van der Waals surface area contributed by atoms with Crippen LogP contribution in [-0.2, 0) is 9.59 Å². The highest BCUT2D eigenvalue weighted by Crippen LogP contribution is 2.33. The molecule has 2 heterocycles. The van der Waals surface area contributed by atoms with Crippen LogP contribution >= 0.6 is 11.3 Å². The molecular weight excluding hydrogens is 338 g/mol. The summed E-state index contributed by atoms with van der Waals surface area (Å²) in [5.74, 6) is 0.0665. The SMILES string of the molecule is C[C@H]1Oc2ccccc2N(CC(=O)Nc2nc3ccccc3s2)C1=O. The minimum absolute atomic E-state index is 0.0839. The third kappa shape index (κ3) is 2.94. The van der Waals surface area contributed by atoms with Crippen molar-refractivity contribution in [1.29, 1.82) is 0 Å². The molecule has 7 heteroatoms. The Hall–Kier alpha value is -2.93. The molecule has 0 fully saturated rings. The minimum atomic E-state index is -0.620. The van der Waals surface area contributed by atoms with Gasteiger partial charge in [0.1, 0.15) is 12.3 Å². The van der Waals surface area contributed by atoms with Crippen molar-refractivity contribution in [3.05, 3.63) is 48.5 Å². The molecule has 1 aliphatic rings. The lowest BCUT2D eigenvalue weighted by molar-refractivity contribution is -0.127. The normalized spacial score (nSPS) is 16.4. The fourth-order valence-corrected chi connectivity index (χ4v) is 3.63. The molecule has 0 unspecified atom stereocenters. The summed E-state index contributed by atoms with van der Waals surface area (Å²) < 4.78 is 6.58. The Kier molecular flexibility index (Phi) is 3.85. The number of carbonyl (C=O) groups is 2. The van der Waals surface area contributed by atoms with Crippen LogP contribution in [0, 0.1) is 0 Å². The largest absolute Gasteiger partial charge is 0.479 e. The van der Waals surface area contributed by atoms with Gasteiger partial charge in [-0.05, 0) is 31.2 Å². The first-order valence-electron chi connectivity index (χ1n) is 7.84. The van der Waals surface area contributed by atoms with Gasteiger partial charge < -0.3 is 10.1 Å². The number of nitrogens with one attached hydrogen (secondary N) is 1. The highest BCUT2D eigenvalue weighted by atomic mass is 32.1. The second-order valence-corrected chi connectivity index (χ2v) is 6.72. The Bertz CT molecular complexity index is 936. The van der Waals surface area contributed by atoms with E-state index in [2.05, 4.69) is 10.3 Å². The van der Waals surface area contributed by atoms with Crippen LogP contribution in [-0.4, -0.2) is 29.4 Å². The van der Waals surface area contributed by atoms with Crippen molar-refractivity contribution in [2.45, 2.75) is 13.0 Å². The van der Waals surface area contributed by atoms with Gasteiger partial charge in [-0.3, -0.25) is 14.5 Å². The molecule has 0 aliphatic carbocycles. The van der Waals surface area contributed by atoms with Crippen molar-refractivity contribution in [1.82, 2.24) is 4.98 Å². The third-order valence-corrected chi connectivity index (χ3v) is 4.87. The molecule has 2 amide bonds. The molecule has 0 spiro atoms. The number of hydrogen-bond acceptors (Lipinski definition) is 5. The van der Waals surface area contributed by atoms with Gasteiger partial charge in [-0.15, -0.1) is 0 Å². The number of carbonyl (C=O) groups excluding carboxylic acids is 2. The van der Waals surface area contributed by atoms with Gasteiger partial charge in [-0.1, -0.05) is 35.6 Å². The maximum absolute atomic E-state index is 12.4. The van der Waals surface area contributed by atoms with Crippen LogP contribution < -0.4 is 15.0 Å². The van der Waals surface area contributed by atoms with Crippen molar-refractivity contribution in [3.8, 4) is 5.75 Å². The van der Waals surface area contributed by atoms with Crippen molar-refractivity contribution >= 4 is 44.2 Å². The van der Waals surface area contributed by atoms with Crippen molar-refractivity contribution < 1.29 is 14.3 Å². The molecule has 25 heavy (non-hydrogen) atoms. The standard InChI is InChI=1S/C18H15N3O3S/c1-11-17(23)21(13-7-3-4-8-14(13)24-11)10-16(22)20-18-19-12-6-2-5-9-15(12)25-18/h2-9,11H,10H2,1H3,(H,19,20,22)/t11-/m1/s1. The van der Waals surface area contributed by atoms with Gasteiger partial charge in [0.25, 0.3) is 5.91 Å². The molecule has 1 atom stereocenters. The zero-order chi connectivity index (χ0) is 17.4. The summed E-state index contributed by atoms with van der Waals surface area (Å²) in [7, 11) is 0. The molecule has 1 aliphatic heterocycles. The Balaban J connectivity index is 1.54. The van der Waals surface area contributed by atoms with E-state index in [-0.39, 0.29) is 18.4 Å². The van der Waals surface area contributed by atoms with Gasteiger partial charge in [-0.2, -0.15) is 0 Å². The smallest absolute Gasteiger partial charge is 0.268 e. The number of fused-ring (bicyclic) bond motifs is 2. The summed E-state index contributed by atoms with van der Waals surface area (Å²) in [6.45, 7) is 1.59. The topological polar surface area (TPSA) is 71.5 Å². The van der Waals surface area contributed by atoms with E-state index in [1.807, 2.05) is 36.4 Å². The van der Waals surface area contributed by atoms with Crippen LogP contribution in [0.1, 0.15) is 6.92 Å². The summed E-state index contributed by atoms with van der Waals surface area (Å²) in [4.78, 5) is 30.7. The monoisotopic (exact) mass is 353 g/mol. The zero-order valence-corrected chi connectivity index (χ0v) is 14.2. The molecule has 0 saturated carbocycles. The Labute approximate surface area is 148 Å². The number of aromatic nitrogens is 1. The lowest BCUT2D eigenvalue weighted by Crippen LogP contribution is -2.47. The first-order valence-corrected chi connectivity index (χ1v) is 8.66. The van der Waals surface area contributed by atoms with Crippen LogP contribution in [0.2, 0.25) is 0 Å². The van der Waals surface area contributed by atoms with Crippen LogP contribution in [0.25, 0.3) is 10.2 Å². The van der Waals surface area contributed by atoms with Gasteiger partial charge >= 0.3 is 0 Å². The predicted octanol–water partition coefficient (Wildman–Crippen LogP) is 3.05. The van der Waals surface area contributed by atoms with Gasteiger partial charge in [0.15, 0.2) is 11.2 Å². The number of hydrogen-bond donors (Lipinski definition) is 1. The Morgan fingerprint density at radius 1 is 1.24 bits per heavy atom. The molecule has 0 bridgehead atoms. The molecule has 0 radical (unpaired) electrons. The number of amides is 2. The van der Waals surface area contributed by atoms with E-state index in [1.54, 1.807) is 19.1 Å². The van der Waals surface area contributed by atoms with E-state index >= 15 is 0 Å². The van der Waals surface area contributed by atoms with Gasteiger partial charge in [0, 0.05) is 0 Å². The summed E-state index contributed by atoms with van der Waals surface area (Å²) in [6, 6.07) is 14.9. The van der Waals surface area contributed by atoms with Crippen LogP contribution in [0.4, 0.5) is 10.8 Å². The first-order chi connectivity index (χ1) is 12.1. The molecule has 3 aromatic rings. The number of benzene rings is 2. The van der Waals surface area contributed by atoms with Crippen LogP contribution in [0.3, 0.4) is 0 Å². The molecule has 126 valence electrons. The summed E-state index contributed by atoms with van der Waals surface area (Å²) in [5, 5.41) is 3.30. The molecule has 2 aromatic carbocycles. The number of thiazole rings is 1. The second kappa shape index (κ2) is 6.18. The first kappa shape index (κ1) is 15.6. The zero-order valence-electron chi connectivity index (χ0n) is 13.4. The van der Waals surface area contributed by atoms with E-state index in [0.29, 0.717) is 16.6 Å². The van der Waals surface area contributed by atoms with Crippen LogP contribution in [0.5, 0.6) is 5.75 Å². The Morgan fingerprint density at radius 3 is 2.84 bits per heavy atom. The molecular formula is C18H15N3O3S. The van der Waals surface area contributed by atoms with E-state index in [9.17, 15) is 9.59 Å². The lowest BCUT2D eigenvalue weighted by Gasteiger charge is -2.32. The van der Waals surface area contributed by atoms with Gasteiger partial charge in [0.2, 0.25) is 5.91 Å². The molecule has 6 nitrogen and oxygen atoms in total. The summed E-state index contributed by atoms with van der Waals surface area (Å²) in [5.41, 5.74) is 1.44. The van der Waals surface area contributed by atoms with E-state index in [4.69, 9.17) is 4.74 Å². The Morgan fingerprint density at radius 2 is 2.00 bits per heavy atom. The van der Waals surface area contributed by atoms with Crippen molar-refractivity contribution in [3.63, 3.8) is 0 Å². The van der Waals surface area contributed by atoms with E-state index in [1.165, 1.54) is 16.2 Å². The molecule has 0 saturated heterocycles. The maximum Gasteiger partial charge on any atom is 0.268 e. The summed E-state index contributed by atoms with van der Waals surface area (Å²) in [6.07, 6.45) is -0.620. The number of para-hydroxylation sites is 3. The third-order valence-electron chi connectivity index (χ3n) is 3.92. The van der Waals surface area contributed by atoms with Crippen molar-refractivity contribution in [2.75, 3.05) is 16.8 Å². The average Bonchev–Trinajstić information content (AvgIpc) is 3.01. The molecule has 4 rings (SSSR count). The highest BCUT2D eigenvalue weighted by Gasteiger charge is 2.32. The van der Waals surface area contributed by atoms with E-state index < -0.39 is 6.10 Å². The quantitative estimate of drug-likeness (QED) is 0.786. The fraction of sp³-hybridized carbons (Fsp3) is 0.167. The average molecular weight is 353 g/mol. The van der Waals surface area contributed by atoms with Crippen LogP contribution in [0.15, 0.2) is 48.5 Å². The minimum Gasteiger partial charge on any atom is -0.479 e. The molecule has 1 N–H and O–H groups in total. The lowest BCUT2D eigenvalue weighted by atomic mass is 10.2. The summed E-state index contributed by atoms with van der Waals surface area (Å²) >= 11 is 1.40. The number of nitrogens with zero attached hydrogens (tertiary/aromatic N) is 2. The highest BCUT2D eigenvalue weighted by molar-refractivity contribution is 7.22. The fourth-order valence-electron chi connectivity index (χ4n) is 2.75. The molecule has 1 aromatic heterocycles. The van der Waals surface area contributed by atoms with Gasteiger partial charge in [0.05, 0.1) is 15.9 Å². The van der Waals surface area contributed by atoms with E-state index in [0.717, 1.165) is 10.2 Å². The second-order valence-electron chi connectivity index (χ2n) is 5.69. The van der Waals surface area contributed by atoms with Gasteiger partial charge in [-0.25, -0.2) is 4.98 Å². The number of rotatable bonds is 3. The number of ether oxygens (including phenoxy) is 1. The van der Waals surface area contributed by atoms with Crippen molar-refractivity contribution in [2.24, 2.45) is 0 Å².